The summed E-state index contributed by atoms with van der Waals surface area (Å²) in [5.41, 5.74) is 5.06. The highest BCUT2D eigenvalue weighted by atomic mass is 32.2. The molecule has 0 spiro atoms. The van der Waals surface area contributed by atoms with Crippen molar-refractivity contribution in [3.63, 3.8) is 0 Å². The first-order chi connectivity index (χ1) is 15.5. The Morgan fingerprint density at radius 1 is 1.24 bits per heavy atom. The summed E-state index contributed by atoms with van der Waals surface area (Å²) in [6, 6.07) is 0. The molecule has 1 atom stereocenters. The standard InChI is InChI=1S/C24H34N4O4S/c1-7-28(8-2)12-11-25-24(30)21-14(3)19(26-16(21)5)13-17-22-15(4)20(33(6,31)32)10-9-18(22)27-23(17)29/h9,13,20,26H,7-8,10-12H2,1-6H3,(H,25,30)(H,27,29)/b17-13-. The summed E-state index contributed by atoms with van der Waals surface area (Å²) in [4.78, 5) is 31.1. The molecule has 33 heavy (non-hydrogen) atoms. The van der Waals surface area contributed by atoms with E-state index in [0.717, 1.165) is 30.9 Å². The third kappa shape index (κ3) is 4.99. The third-order valence-corrected chi connectivity index (χ3v) is 8.14. The molecule has 0 radical (unpaired) electrons. The number of rotatable bonds is 8. The van der Waals surface area contributed by atoms with Gasteiger partial charge >= 0.3 is 0 Å². The van der Waals surface area contributed by atoms with Gasteiger partial charge in [-0.1, -0.05) is 19.9 Å². The van der Waals surface area contributed by atoms with E-state index in [-0.39, 0.29) is 11.8 Å². The highest BCUT2D eigenvalue weighted by molar-refractivity contribution is 7.91. The summed E-state index contributed by atoms with van der Waals surface area (Å²) in [6.45, 7) is 12.8. The first kappa shape index (κ1) is 25.0. The normalized spacial score (nSPS) is 19.7. The van der Waals surface area contributed by atoms with E-state index in [1.807, 2.05) is 13.8 Å². The average Bonchev–Trinajstić information content (AvgIpc) is 3.20. The van der Waals surface area contributed by atoms with E-state index in [4.69, 9.17) is 0 Å². The maximum Gasteiger partial charge on any atom is 0.256 e. The Morgan fingerprint density at radius 2 is 1.91 bits per heavy atom. The Hall–Kier alpha value is -2.65. The Kier molecular flexibility index (Phi) is 7.33. The number of aryl methyl sites for hydroxylation is 1. The van der Waals surface area contributed by atoms with Crippen LogP contribution in [0.25, 0.3) is 6.08 Å². The molecular formula is C24H34N4O4S. The number of fused-ring (bicyclic) bond motifs is 1. The zero-order valence-corrected chi connectivity index (χ0v) is 21.1. The maximum atomic E-state index is 12.9. The van der Waals surface area contributed by atoms with Crippen molar-refractivity contribution in [1.29, 1.82) is 0 Å². The number of H-pyrrole nitrogens is 1. The number of hydrogen-bond donors (Lipinski definition) is 3. The summed E-state index contributed by atoms with van der Waals surface area (Å²) in [7, 11) is -3.30. The first-order valence-corrected chi connectivity index (χ1v) is 13.3. The van der Waals surface area contributed by atoms with E-state index in [1.54, 1.807) is 19.1 Å². The second kappa shape index (κ2) is 9.69. The molecule has 2 heterocycles. The van der Waals surface area contributed by atoms with Gasteiger partial charge in [0.1, 0.15) is 0 Å². The van der Waals surface area contributed by atoms with E-state index in [0.29, 0.717) is 46.6 Å². The monoisotopic (exact) mass is 474 g/mol. The fourth-order valence-corrected chi connectivity index (χ4v) is 5.85. The zero-order chi connectivity index (χ0) is 24.5. The summed E-state index contributed by atoms with van der Waals surface area (Å²) < 4.78 is 24.5. The molecule has 1 unspecified atom stereocenters. The minimum Gasteiger partial charge on any atom is -0.358 e. The molecule has 1 aromatic rings. The summed E-state index contributed by atoms with van der Waals surface area (Å²) in [5.74, 6) is -0.429. The van der Waals surface area contributed by atoms with Crippen LogP contribution in [0.5, 0.6) is 0 Å². The van der Waals surface area contributed by atoms with E-state index in [2.05, 4.69) is 34.4 Å². The van der Waals surface area contributed by atoms with Crippen molar-refractivity contribution in [3.05, 3.63) is 51.0 Å². The quantitative estimate of drug-likeness (QED) is 0.501. The molecule has 0 saturated carbocycles. The van der Waals surface area contributed by atoms with Crippen LogP contribution in [0, 0.1) is 13.8 Å². The number of likely N-dealkylation sites (N-methyl/N-ethyl adjacent to an activating group) is 1. The number of allylic oxidation sites excluding steroid dienone is 2. The van der Waals surface area contributed by atoms with E-state index in [9.17, 15) is 18.0 Å². The molecule has 3 N–H and O–H groups in total. The van der Waals surface area contributed by atoms with Crippen molar-refractivity contribution < 1.29 is 18.0 Å². The average molecular weight is 475 g/mol. The second-order valence-corrected chi connectivity index (χ2v) is 10.9. The number of carbonyl (C=O) groups is 2. The number of nitrogens with zero attached hydrogens (tertiary/aromatic N) is 1. The van der Waals surface area contributed by atoms with Crippen LogP contribution in [0.3, 0.4) is 0 Å². The minimum absolute atomic E-state index is 0.153. The Morgan fingerprint density at radius 3 is 2.52 bits per heavy atom. The van der Waals surface area contributed by atoms with Crippen LogP contribution in [-0.2, 0) is 14.6 Å². The topological polar surface area (TPSA) is 111 Å². The largest absolute Gasteiger partial charge is 0.358 e. The summed E-state index contributed by atoms with van der Waals surface area (Å²) in [6.07, 6.45) is 5.05. The molecule has 1 aromatic heterocycles. The third-order valence-electron chi connectivity index (χ3n) is 6.56. The lowest BCUT2D eigenvalue weighted by Gasteiger charge is -2.21. The SMILES string of the molecule is CCN(CC)CCNC(=O)c1c(C)[nH]c(/C=C2\C(=O)NC3=CCC(S(C)(=O)=O)C(C)=C32)c1C. The van der Waals surface area contributed by atoms with Crippen molar-refractivity contribution in [2.24, 2.45) is 0 Å². The van der Waals surface area contributed by atoms with Gasteiger partial charge in [0.15, 0.2) is 9.84 Å². The van der Waals surface area contributed by atoms with Gasteiger partial charge in [0.25, 0.3) is 11.8 Å². The maximum absolute atomic E-state index is 12.9. The van der Waals surface area contributed by atoms with Gasteiger partial charge in [-0.25, -0.2) is 8.42 Å². The van der Waals surface area contributed by atoms with Crippen LogP contribution in [0.15, 0.2) is 28.5 Å². The number of aromatic nitrogens is 1. The molecule has 1 fully saturated rings. The van der Waals surface area contributed by atoms with Gasteiger partial charge in [-0.05, 0) is 57.5 Å². The van der Waals surface area contributed by atoms with Crippen LogP contribution in [0.2, 0.25) is 0 Å². The first-order valence-electron chi connectivity index (χ1n) is 11.3. The van der Waals surface area contributed by atoms with E-state index in [1.165, 1.54) is 6.26 Å². The molecule has 1 saturated heterocycles. The molecule has 180 valence electrons. The predicted octanol–water partition coefficient (Wildman–Crippen LogP) is 2.23. The van der Waals surface area contributed by atoms with Crippen molar-refractivity contribution in [2.75, 3.05) is 32.4 Å². The summed E-state index contributed by atoms with van der Waals surface area (Å²) >= 11 is 0. The predicted molar refractivity (Wildman–Crippen MR) is 131 cm³/mol. The fourth-order valence-electron chi connectivity index (χ4n) is 4.64. The van der Waals surface area contributed by atoms with Gasteiger partial charge in [-0.15, -0.1) is 0 Å². The number of aromatic amines is 1. The van der Waals surface area contributed by atoms with Crippen LogP contribution >= 0.6 is 0 Å². The fraction of sp³-hybridized carbons (Fsp3) is 0.500. The molecule has 3 rings (SSSR count). The van der Waals surface area contributed by atoms with E-state index < -0.39 is 15.1 Å². The van der Waals surface area contributed by atoms with Crippen LogP contribution < -0.4 is 10.6 Å². The van der Waals surface area contributed by atoms with Gasteiger partial charge in [0, 0.05) is 42.0 Å². The smallest absolute Gasteiger partial charge is 0.256 e. The molecule has 1 aliphatic carbocycles. The van der Waals surface area contributed by atoms with Gasteiger partial charge in [-0.2, -0.15) is 0 Å². The lowest BCUT2D eigenvalue weighted by Crippen LogP contribution is -2.35. The molecule has 9 heteroatoms. The van der Waals surface area contributed by atoms with Gasteiger partial charge in [0.05, 0.1) is 16.4 Å². The molecule has 0 aromatic carbocycles. The van der Waals surface area contributed by atoms with E-state index >= 15 is 0 Å². The Balaban J connectivity index is 1.92. The molecule has 0 bridgehead atoms. The molecule has 2 amide bonds. The summed E-state index contributed by atoms with van der Waals surface area (Å²) in [5, 5.41) is 5.18. The van der Waals surface area contributed by atoms with Crippen molar-refractivity contribution in [3.8, 4) is 0 Å². The number of hydrogen-bond acceptors (Lipinski definition) is 5. The van der Waals surface area contributed by atoms with Crippen molar-refractivity contribution in [1.82, 2.24) is 20.5 Å². The molecular weight excluding hydrogens is 440 g/mol. The van der Waals surface area contributed by atoms with Crippen LogP contribution in [0.1, 0.15) is 54.5 Å². The van der Waals surface area contributed by atoms with Crippen molar-refractivity contribution >= 4 is 27.7 Å². The number of carbonyl (C=O) groups excluding carboxylic acids is 2. The lowest BCUT2D eigenvalue weighted by molar-refractivity contribution is -0.115. The van der Waals surface area contributed by atoms with Crippen LogP contribution in [0.4, 0.5) is 0 Å². The molecule has 2 aliphatic rings. The number of amides is 2. The highest BCUT2D eigenvalue weighted by Gasteiger charge is 2.36. The van der Waals surface area contributed by atoms with Gasteiger partial charge in [-0.3, -0.25) is 9.59 Å². The Labute approximate surface area is 196 Å². The second-order valence-electron chi connectivity index (χ2n) is 8.69. The zero-order valence-electron chi connectivity index (χ0n) is 20.3. The van der Waals surface area contributed by atoms with Crippen LogP contribution in [-0.4, -0.2) is 67.8 Å². The van der Waals surface area contributed by atoms with Gasteiger partial charge in [0.2, 0.25) is 0 Å². The molecule has 1 aliphatic heterocycles. The number of nitrogens with one attached hydrogen (secondary N) is 3. The molecule has 8 nitrogen and oxygen atoms in total. The Bertz CT molecular complexity index is 1170. The van der Waals surface area contributed by atoms with Gasteiger partial charge < -0.3 is 20.5 Å². The number of sulfone groups is 1. The highest BCUT2D eigenvalue weighted by Crippen LogP contribution is 2.37. The van der Waals surface area contributed by atoms with Crippen molar-refractivity contribution in [2.45, 2.75) is 46.3 Å². The minimum atomic E-state index is -3.30. The lowest BCUT2D eigenvalue weighted by atomic mass is 9.92.